The maximum Gasteiger partial charge on any atom is 0.256 e. The number of nitrogens with one attached hydrogen (secondary N) is 1. The van der Waals surface area contributed by atoms with E-state index in [4.69, 9.17) is 26.1 Å². The molecule has 3 aromatic carbocycles. The Kier molecular flexibility index (Phi) is 6.25. The number of ether oxygens (including phenoxy) is 2. The monoisotopic (exact) mass is 460 g/mol. The fourth-order valence-electron chi connectivity index (χ4n) is 4.12. The quantitative estimate of drug-likeness (QED) is 0.358. The van der Waals surface area contributed by atoms with Gasteiger partial charge in [-0.1, -0.05) is 35.4 Å². The molecule has 1 amide bonds. The van der Waals surface area contributed by atoms with E-state index in [1.807, 2.05) is 51.1 Å². The molecule has 0 aliphatic rings. The number of nitrogens with zero attached hydrogens (tertiary/aromatic N) is 1. The van der Waals surface area contributed by atoms with E-state index in [2.05, 4.69) is 11.4 Å². The average Bonchev–Trinajstić information content (AvgIpc) is 2.78. The van der Waals surface area contributed by atoms with E-state index in [9.17, 15) is 4.79 Å². The van der Waals surface area contributed by atoms with Gasteiger partial charge in [-0.2, -0.15) is 0 Å². The molecular weight excluding hydrogens is 436 g/mol. The second kappa shape index (κ2) is 9.12. The maximum atomic E-state index is 13.7. The van der Waals surface area contributed by atoms with Crippen LogP contribution in [0, 0.1) is 20.8 Å². The minimum Gasteiger partial charge on any atom is -0.497 e. The lowest BCUT2D eigenvalue weighted by atomic mass is 9.94. The summed E-state index contributed by atoms with van der Waals surface area (Å²) in [6, 6.07) is 16.9. The minimum atomic E-state index is -0.250. The van der Waals surface area contributed by atoms with Crippen molar-refractivity contribution in [2.24, 2.45) is 0 Å². The van der Waals surface area contributed by atoms with Crippen LogP contribution in [0.15, 0.2) is 54.6 Å². The third kappa shape index (κ3) is 4.37. The number of aryl methyl sites for hydroxylation is 2. The largest absolute Gasteiger partial charge is 0.497 e. The van der Waals surface area contributed by atoms with E-state index in [0.29, 0.717) is 27.8 Å². The molecule has 5 nitrogen and oxygen atoms in total. The van der Waals surface area contributed by atoms with Crippen molar-refractivity contribution in [3.05, 3.63) is 81.9 Å². The molecule has 0 atom stereocenters. The molecule has 0 spiro atoms. The van der Waals surface area contributed by atoms with Crippen LogP contribution in [0.3, 0.4) is 0 Å². The predicted octanol–water partition coefficient (Wildman–Crippen LogP) is 6.75. The minimum absolute atomic E-state index is 0.250. The van der Waals surface area contributed by atoms with E-state index in [0.717, 1.165) is 38.9 Å². The lowest BCUT2D eigenvalue weighted by molar-refractivity contribution is 0.102. The second-order valence-electron chi connectivity index (χ2n) is 7.97. The summed E-state index contributed by atoms with van der Waals surface area (Å²) in [6.07, 6.45) is 0. The van der Waals surface area contributed by atoms with Crippen molar-refractivity contribution >= 4 is 34.1 Å². The lowest BCUT2D eigenvalue weighted by Gasteiger charge is -2.18. The predicted molar refractivity (Wildman–Crippen MR) is 134 cm³/mol. The number of pyridine rings is 1. The summed E-state index contributed by atoms with van der Waals surface area (Å²) in [5.74, 6) is 0.913. The first-order chi connectivity index (χ1) is 15.8. The highest BCUT2D eigenvalue weighted by molar-refractivity contribution is 6.30. The normalized spacial score (nSPS) is 10.8. The van der Waals surface area contributed by atoms with Crippen LogP contribution in [0.1, 0.15) is 27.0 Å². The molecule has 0 radical (unpaired) electrons. The molecule has 0 fully saturated rings. The molecular formula is C27H25ClN2O3. The number of aromatic nitrogens is 1. The first kappa shape index (κ1) is 22.6. The van der Waals surface area contributed by atoms with Crippen molar-refractivity contribution in [3.63, 3.8) is 0 Å². The molecule has 4 rings (SSSR count). The van der Waals surface area contributed by atoms with Gasteiger partial charge in [-0.25, -0.2) is 4.98 Å². The first-order valence-corrected chi connectivity index (χ1v) is 10.9. The molecule has 0 aliphatic heterocycles. The first-order valence-electron chi connectivity index (χ1n) is 10.5. The summed E-state index contributed by atoms with van der Waals surface area (Å²) in [7, 11) is 3.14. The summed E-state index contributed by atoms with van der Waals surface area (Å²) in [5, 5.41) is 4.43. The number of hydrogen-bond acceptors (Lipinski definition) is 4. The molecule has 0 aliphatic carbocycles. The molecule has 168 valence electrons. The number of methoxy groups -OCH3 is 2. The zero-order valence-electron chi connectivity index (χ0n) is 19.2. The summed E-state index contributed by atoms with van der Waals surface area (Å²) in [5.41, 5.74) is 6.28. The van der Waals surface area contributed by atoms with Crippen molar-refractivity contribution in [2.45, 2.75) is 20.8 Å². The van der Waals surface area contributed by atoms with Gasteiger partial charge in [-0.15, -0.1) is 0 Å². The van der Waals surface area contributed by atoms with Crippen LogP contribution in [0.5, 0.6) is 11.5 Å². The molecule has 1 N–H and O–H groups in total. The molecule has 1 heterocycles. The van der Waals surface area contributed by atoms with Gasteiger partial charge in [0.15, 0.2) is 0 Å². The van der Waals surface area contributed by atoms with E-state index >= 15 is 0 Å². The Hall–Kier alpha value is -3.57. The summed E-state index contributed by atoms with van der Waals surface area (Å²) in [4.78, 5) is 18.7. The van der Waals surface area contributed by atoms with Crippen LogP contribution < -0.4 is 14.8 Å². The van der Waals surface area contributed by atoms with Gasteiger partial charge in [0, 0.05) is 22.0 Å². The van der Waals surface area contributed by atoms with Crippen molar-refractivity contribution in [3.8, 4) is 22.8 Å². The van der Waals surface area contributed by atoms with Gasteiger partial charge >= 0.3 is 0 Å². The van der Waals surface area contributed by atoms with Crippen LogP contribution in [-0.4, -0.2) is 25.1 Å². The smallest absolute Gasteiger partial charge is 0.256 e. The number of carbonyl (C=O) groups excluding carboxylic acids is 1. The summed E-state index contributed by atoms with van der Waals surface area (Å²) >= 11 is 6.26. The molecule has 0 bridgehead atoms. The summed E-state index contributed by atoms with van der Waals surface area (Å²) < 4.78 is 10.8. The SMILES string of the molecule is COc1ccc(OC)c(NC(=O)c2c(C)c(-c3cccc(Cl)c3)nc3c(C)cc(C)cc23)c1. The van der Waals surface area contributed by atoms with Crippen molar-refractivity contribution in [2.75, 3.05) is 19.5 Å². The number of carbonyl (C=O) groups is 1. The van der Waals surface area contributed by atoms with Crippen molar-refractivity contribution < 1.29 is 14.3 Å². The number of rotatable bonds is 5. The number of benzene rings is 3. The van der Waals surface area contributed by atoms with Gasteiger partial charge in [-0.05, 0) is 62.2 Å². The number of halogens is 1. The zero-order valence-corrected chi connectivity index (χ0v) is 20.0. The van der Waals surface area contributed by atoms with Gasteiger partial charge in [0.25, 0.3) is 5.91 Å². The summed E-state index contributed by atoms with van der Waals surface area (Å²) in [6.45, 7) is 5.93. The lowest BCUT2D eigenvalue weighted by Crippen LogP contribution is -2.16. The Morgan fingerprint density at radius 3 is 2.45 bits per heavy atom. The maximum absolute atomic E-state index is 13.7. The Labute approximate surface area is 198 Å². The molecule has 0 saturated heterocycles. The van der Waals surface area contributed by atoms with Crippen molar-refractivity contribution in [1.82, 2.24) is 4.98 Å². The van der Waals surface area contributed by atoms with E-state index in [1.54, 1.807) is 32.4 Å². The number of fused-ring (bicyclic) bond motifs is 1. The van der Waals surface area contributed by atoms with E-state index in [1.165, 1.54) is 0 Å². The fourth-order valence-corrected chi connectivity index (χ4v) is 4.31. The van der Waals surface area contributed by atoms with Crippen LogP contribution in [0.4, 0.5) is 5.69 Å². The highest BCUT2D eigenvalue weighted by Gasteiger charge is 2.21. The molecule has 33 heavy (non-hydrogen) atoms. The topological polar surface area (TPSA) is 60.5 Å². The Bertz CT molecular complexity index is 1380. The van der Waals surface area contributed by atoms with Crippen molar-refractivity contribution in [1.29, 1.82) is 0 Å². The fraction of sp³-hybridized carbons (Fsp3) is 0.185. The van der Waals surface area contributed by atoms with Crippen LogP contribution >= 0.6 is 11.6 Å². The molecule has 4 aromatic rings. The third-order valence-corrected chi connectivity index (χ3v) is 5.88. The van der Waals surface area contributed by atoms with E-state index in [-0.39, 0.29) is 5.91 Å². The highest BCUT2D eigenvalue weighted by Crippen LogP contribution is 2.35. The van der Waals surface area contributed by atoms with Crippen LogP contribution in [0.2, 0.25) is 5.02 Å². The Morgan fingerprint density at radius 1 is 0.970 bits per heavy atom. The average molecular weight is 461 g/mol. The molecule has 0 unspecified atom stereocenters. The Balaban J connectivity index is 1.94. The number of hydrogen-bond donors (Lipinski definition) is 1. The number of amides is 1. The third-order valence-electron chi connectivity index (χ3n) is 5.65. The van der Waals surface area contributed by atoms with Gasteiger partial charge in [0.2, 0.25) is 0 Å². The van der Waals surface area contributed by atoms with Gasteiger partial charge in [0.1, 0.15) is 11.5 Å². The van der Waals surface area contributed by atoms with Gasteiger partial charge < -0.3 is 14.8 Å². The zero-order chi connectivity index (χ0) is 23.7. The van der Waals surface area contributed by atoms with Crippen LogP contribution in [-0.2, 0) is 0 Å². The molecule has 0 saturated carbocycles. The standard InChI is InChI=1S/C27H25ClN2O3/c1-15-11-16(2)25-21(12-15)24(17(3)26(30-25)18-7-6-8-19(28)13-18)27(31)29-22-14-20(32-4)9-10-23(22)33-5/h6-14H,1-5H3,(H,29,31). The van der Waals surface area contributed by atoms with Gasteiger partial charge in [-0.3, -0.25) is 4.79 Å². The number of anilines is 1. The van der Waals surface area contributed by atoms with Gasteiger partial charge in [0.05, 0.1) is 36.7 Å². The van der Waals surface area contributed by atoms with E-state index < -0.39 is 0 Å². The molecule has 1 aromatic heterocycles. The molecule has 6 heteroatoms. The Morgan fingerprint density at radius 2 is 1.76 bits per heavy atom. The highest BCUT2D eigenvalue weighted by atomic mass is 35.5. The second-order valence-corrected chi connectivity index (χ2v) is 8.41. The van der Waals surface area contributed by atoms with Crippen LogP contribution in [0.25, 0.3) is 22.2 Å².